The van der Waals surface area contributed by atoms with Crippen LogP contribution < -0.4 is 19.5 Å². The molecule has 0 unspecified atom stereocenters. The lowest BCUT2D eigenvalue weighted by atomic mass is 10.1. The number of ether oxygens (including phenoxy) is 3. The van der Waals surface area contributed by atoms with Gasteiger partial charge in [-0.3, -0.25) is 0 Å². The Balaban J connectivity index is 1.89. The molecule has 0 aliphatic carbocycles. The molecule has 178 valence electrons. The van der Waals surface area contributed by atoms with E-state index in [-0.39, 0.29) is 17.3 Å². The van der Waals surface area contributed by atoms with Crippen LogP contribution in [0.15, 0.2) is 41.3 Å². The highest BCUT2D eigenvalue weighted by atomic mass is 32.2. The van der Waals surface area contributed by atoms with Crippen LogP contribution >= 0.6 is 0 Å². The van der Waals surface area contributed by atoms with Crippen LogP contribution in [0.25, 0.3) is 0 Å². The summed E-state index contributed by atoms with van der Waals surface area (Å²) < 4.78 is 57.3. The molecule has 2 aromatic carbocycles. The number of rotatable bonds is 15. The maximum Gasteiger partial charge on any atom is 0.240 e. The van der Waals surface area contributed by atoms with Crippen LogP contribution in [0.4, 0.5) is 4.39 Å². The van der Waals surface area contributed by atoms with Crippen molar-refractivity contribution in [2.24, 2.45) is 0 Å². The van der Waals surface area contributed by atoms with Gasteiger partial charge in [-0.15, -0.1) is 0 Å². The molecule has 2 aromatic rings. The van der Waals surface area contributed by atoms with Gasteiger partial charge in [-0.1, -0.05) is 25.5 Å². The minimum absolute atomic E-state index is 0.229. The van der Waals surface area contributed by atoms with Gasteiger partial charge in [0.15, 0.2) is 11.5 Å². The van der Waals surface area contributed by atoms with Crippen molar-refractivity contribution in [3.8, 4) is 11.5 Å². The van der Waals surface area contributed by atoms with Gasteiger partial charge in [0.25, 0.3) is 0 Å². The lowest BCUT2D eigenvalue weighted by Gasteiger charge is -2.14. The highest BCUT2D eigenvalue weighted by Crippen LogP contribution is 2.27. The van der Waals surface area contributed by atoms with Crippen molar-refractivity contribution in [3.05, 3.63) is 53.3 Å². The Morgan fingerprint density at radius 2 is 1.81 bits per heavy atom. The highest BCUT2D eigenvalue weighted by Gasteiger charge is 2.18. The summed E-state index contributed by atoms with van der Waals surface area (Å²) in [6, 6.07) is 9.56. The van der Waals surface area contributed by atoms with E-state index in [1.54, 1.807) is 19.2 Å². The average molecular weight is 469 g/mol. The monoisotopic (exact) mass is 468 g/mol. The molecule has 0 aromatic heterocycles. The number of nitrogens with one attached hydrogen (secondary N) is 2. The zero-order valence-corrected chi connectivity index (χ0v) is 19.8. The molecule has 0 spiro atoms. The second-order valence-corrected chi connectivity index (χ2v) is 9.01. The number of benzene rings is 2. The molecule has 0 radical (unpaired) electrons. The molecule has 0 atom stereocenters. The van der Waals surface area contributed by atoms with Crippen molar-refractivity contribution in [2.75, 3.05) is 40.5 Å². The zero-order chi connectivity index (χ0) is 23.4. The highest BCUT2D eigenvalue weighted by molar-refractivity contribution is 7.89. The molecule has 0 aliphatic heterocycles. The molecule has 0 bridgehead atoms. The van der Waals surface area contributed by atoms with Gasteiger partial charge in [0.05, 0.1) is 18.6 Å². The molecular weight excluding hydrogens is 435 g/mol. The van der Waals surface area contributed by atoms with E-state index in [1.165, 1.54) is 25.3 Å². The Kier molecular flexibility index (Phi) is 10.9. The molecule has 0 saturated heterocycles. The van der Waals surface area contributed by atoms with Crippen LogP contribution in [0.3, 0.4) is 0 Å². The first-order valence-electron chi connectivity index (χ1n) is 10.7. The SMILES string of the molecule is CCCCNS(=O)(=O)c1cc(CCNCCOc2ccc(F)cc2OC)ccc1COC. The number of hydrogen-bond acceptors (Lipinski definition) is 6. The summed E-state index contributed by atoms with van der Waals surface area (Å²) in [6.45, 7) is 4.26. The maximum atomic E-state index is 13.2. The molecule has 0 fully saturated rings. The Morgan fingerprint density at radius 1 is 1.00 bits per heavy atom. The maximum absolute atomic E-state index is 13.2. The summed E-state index contributed by atoms with van der Waals surface area (Å²) in [5.41, 5.74) is 1.55. The van der Waals surface area contributed by atoms with Crippen molar-refractivity contribution < 1.29 is 27.0 Å². The fourth-order valence-corrected chi connectivity index (χ4v) is 4.44. The third-order valence-electron chi connectivity index (χ3n) is 4.80. The average Bonchev–Trinajstić information content (AvgIpc) is 2.77. The summed E-state index contributed by atoms with van der Waals surface area (Å²) in [5, 5.41) is 3.26. The Labute approximate surface area is 190 Å². The smallest absolute Gasteiger partial charge is 0.240 e. The third-order valence-corrected chi connectivity index (χ3v) is 6.34. The van der Waals surface area contributed by atoms with Crippen molar-refractivity contribution in [1.29, 1.82) is 0 Å². The van der Waals surface area contributed by atoms with E-state index >= 15 is 0 Å². The lowest BCUT2D eigenvalue weighted by Crippen LogP contribution is -2.26. The summed E-state index contributed by atoms with van der Waals surface area (Å²) in [7, 11) is -0.589. The number of sulfonamides is 1. The molecule has 2 rings (SSSR count). The summed E-state index contributed by atoms with van der Waals surface area (Å²) in [4.78, 5) is 0.264. The predicted octanol–water partition coefficient (Wildman–Crippen LogP) is 3.27. The van der Waals surface area contributed by atoms with Crippen LogP contribution in [0, 0.1) is 5.82 Å². The van der Waals surface area contributed by atoms with Gasteiger partial charge in [0.1, 0.15) is 12.4 Å². The standard InChI is InChI=1S/C23H33FN2O5S/c1-4-5-11-26-32(27,28)23-15-18(6-7-19(23)17-29-2)10-12-25-13-14-31-21-9-8-20(24)16-22(21)30-3/h6-9,15-16,25-26H,4-5,10-14,17H2,1-3H3. The number of methoxy groups -OCH3 is 2. The molecule has 0 aliphatic rings. The van der Waals surface area contributed by atoms with E-state index in [0.717, 1.165) is 18.4 Å². The first kappa shape index (κ1) is 26.1. The van der Waals surface area contributed by atoms with Crippen molar-refractivity contribution >= 4 is 10.0 Å². The molecule has 0 saturated carbocycles. The molecule has 7 nitrogen and oxygen atoms in total. The van der Waals surface area contributed by atoms with Crippen molar-refractivity contribution in [3.63, 3.8) is 0 Å². The second-order valence-electron chi connectivity index (χ2n) is 7.27. The molecule has 9 heteroatoms. The molecular formula is C23H33FN2O5S. The fraction of sp³-hybridized carbons (Fsp3) is 0.478. The Hall–Kier alpha value is -2.20. The minimum Gasteiger partial charge on any atom is -0.493 e. The summed E-state index contributed by atoms with van der Waals surface area (Å²) >= 11 is 0. The predicted molar refractivity (Wildman–Crippen MR) is 122 cm³/mol. The van der Waals surface area contributed by atoms with Crippen molar-refractivity contribution in [1.82, 2.24) is 10.0 Å². The summed E-state index contributed by atoms with van der Waals surface area (Å²) in [5.74, 6) is 0.447. The normalized spacial score (nSPS) is 11.5. The van der Waals surface area contributed by atoms with Crippen molar-refractivity contribution in [2.45, 2.75) is 37.7 Å². The quantitative estimate of drug-likeness (QED) is 0.390. The Bertz CT molecular complexity index is 953. The second kappa shape index (κ2) is 13.4. The van der Waals surface area contributed by atoms with Crippen LogP contribution in [-0.4, -0.2) is 48.9 Å². The zero-order valence-electron chi connectivity index (χ0n) is 18.9. The van der Waals surface area contributed by atoms with Crippen LogP contribution in [0.2, 0.25) is 0 Å². The number of unbranched alkanes of at least 4 members (excludes halogenated alkanes) is 1. The Morgan fingerprint density at radius 3 is 2.53 bits per heavy atom. The van der Waals surface area contributed by atoms with Gasteiger partial charge < -0.3 is 19.5 Å². The number of halogens is 1. The van der Waals surface area contributed by atoms with E-state index in [9.17, 15) is 12.8 Å². The minimum atomic E-state index is -3.60. The summed E-state index contributed by atoms with van der Waals surface area (Å²) in [6.07, 6.45) is 2.36. The van der Waals surface area contributed by atoms with Gasteiger partial charge in [-0.05, 0) is 48.7 Å². The first-order chi connectivity index (χ1) is 15.4. The van der Waals surface area contributed by atoms with Crippen LogP contribution in [-0.2, 0) is 27.8 Å². The topological polar surface area (TPSA) is 85.9 Å². The van der Waals surface area contributed by atoms with E-state index in [2.05, 4.69) is 10.0 Å². The van der Waals surface area contributed by atoms with Gasteiger partial charge in [0, 0.05) is 26.3 Å². The van der Waals surface area contributed by atoms with Gasteiger partial charge in [-0.25, -0.2) is 17.5 Å². The third kappa shape index (κ3) is 8.05. The van der Waals surface area contributed by atoms with E-state index in [1.807, 2.05) is 13.0 Å². The molecule has 2 N–H and O–H groups in total. The van der Waals surface area contributed by atoms with Gasteiger partial charge in [-0.2, -0.15) is 0 Å². The number of hydrogen-bond donors (Lipinski definition) is 2. The molecule has 32 heavy (non-hydrogen) atoms. The van der Waals surface area contributed by atoms with Crippen LogP contribution in [0.1, 0.15) is 30.9 Å². The molecule has 0 heterocycles. The van der Waals surface area contributed by atoms with E-state index in [4.69, 9.17) is 14.2 Å². The van der Waals surface area contributed by atoms with Gasteiger partial charge >= 0.3 is 0 Å². The fourth-order valence-electron chi connectivity index (χ4n) is 3.09. The largest absolute Gasteiger partial charge is 0.493 e. The molecule has 0 amide bonds. The van der Waals surface area contributed by atoms with Crippen LogP contribution in [0.5, 0.6) is 11.5 Å². The lowest BCUT2D eigenvalue weighted by molar-refractivity contribution is 0.182. The van der Waals surface area contributed by atoms with E-state index < -0.39 is 10.0 Å². The first-order valence-corrected chi connectivity index (χ1v) is 12.2. The van der Waals surface area contributed by atoms with E-state index in [0.29, 0.717) is 49.7 Å². The van der Waals surface area contributed by atoms with Gasteiger partial charge in [0.2, 0.25) is 10.0 Å².